The fourth-order valence-electron chi connectivity index (χ4n) is 2.49. The Hall–Kier alpha value is -1.07. The van der Waals surface area contributed by atoms with Gasteiger partial charge in [0.05, 0.1) is 4.90 Å². The molecular weight excluding hydrogens is 377 g/mol. The van der Waals surface area contributed by atoms with Gasteiger partial charge in [0.15, 0.2) is 0 Å². The van der Waals surface area contributed by atoms with E-state index in [1.165, 1.54) is 4.31 Å². The standard InChI is InChI=1S/C19H23Cl2NO2S/c1-13-6-8-15(19(2,3)4)10-18(13)25(23,24)22(5)12-14-7-9-16(20)11-17(14)21/h6-11H,12H2,1-5H3. The van der Waals surface area contributed by atoms with E-state index < -0.39 is 10.0 Å². The highest BCUT2D eigenvalue weighted by Crippen LogP contribution is 2.29. The van der Waals surface area contributed by atoms with Gasteiger partial charge < -0.3 is 0 Å². The van der Waals surface area contributed by atoms with E-state index in [9.17, 15) is 8.42 Å². The summed E-state index contributed by atoms with van der Waals surface area (Å²) in [4.78, 5) is 0.326. The lowest BCUT2D eigenvalue weighted by molar-refractivity contribution is 0.466. The second-order valence-electron chi connectivity index (χ2n) is 7.23. The second-order valence-corrected chi connectivity index (χ2v) is 10.1. The van der Waals surface area contributed by atoms with Crippen molar-refractivity contribution < 1.29 is 8.42 Å². The Bertz CT molecular complexity index is 887. The molecule has 0 N–H and O–H groups in total. The van der Waals surface area contributed by atoms with Crippen LogP contribution in [0, 0.1) is 6.92 Å². The van der Waals surface area contributed by atoms with E-state index in [2.05, 4.69) is 20.8 Å². The molecular formula is C19H23Cl2NO2S. The number of hydrogen-bond donors (Lipinski definition) is 0. The molecule has 0 amide bonds. The van der Waals surface area contributed by atoms with Gasteiger partial charge in [0.25, 0.3) is 0 Å². The molecule has 2 rings (SSSR count). The first-order chi connectivity index (χ1) is 11.4. The zero-order chi connectivity index (χ0) is 19.0. The van der Waals surface area contributed by atoms with Gasteiger partial charge in [-0.2, -0.15) is 4.31 Å². The summed E-state index contributed by atoms with van der Waals surface area (Å²) in [6, 6.07) is 10.7. The summed E-state index contributed by atoms with van der Waals surface area (Å²) < 4.78 is 27.5. The van der Waals surface area contributed by atoms with Crippen LogP contribution < -0.4 is 0 Å². The third kappa shape index (κ3) is 4.56. The molecule has 3 nitrogen and oxygen atoms in total. The van der Waals surface area contributed by atoms with Crippen molar-refractivity contribution in [3.8, 4) is 0 Å². The second kappa shape index (κ2) is 7.28. The molecule has 0 spiro atoms. The van der Waals surface area contributed by atoms with Crippen molar-refractivity contribution in [1.82, 2.24) is 4.31 Å². The third-order valence-corrected chi connectivity index (χ3v) is 6.68. The summed E-state index contributed by atoms with van der Waals surface area (Å²) in [7, 11) is -2.08. The molecule has 2 aromatic carbocycles. The molecule has 0 radical (unpaired) electrons. The van der Waals surface area contributed by atoms with Crippen molar-refractivity contribution >= 4 is 33.2 Å². The maximum absolute atomic E-state index is 13.1. The minimum atomic E-state index is -3.64. The van der Waals surface area contributed by atoms with Gasteiger partial charge >= 0.3 is 0 Å². The zero-order valence-electron chi connectivity index (χ0n) is 15.1. The Morgan fingerprint density at radius 2 is 1.68 bits per heavy atom. The summed E-state index contributed by atoms with van der Waals surface area (Å²) in [6.45, 7) is 8.17. The molecule has 0 aliphatic carbocycles. The first-order valence-electron chi connectivity index (χ1n) is 7.94. The average molecular weight is 400 g/mol. The van der Waals surface area contributed by atoms with E-state index in [0.29, 0.717) is 20.5 Å². The first kappa shape index (κ1) is 20.2. The highest BCUT2D eigenvalue weighted by molar-refractivity contribution is 7.89. The van der Waals surface area contributed by atoms with Crippen molar-refractivity contribution in [2.24, 2.45) is 0 Å². The largest absolute Gasteiger partial charge is 0.243 e. The van der Waals surface area contributed by atoms with Gasteiger partial charge in [-0.1, -0.05) is 62.2 Å². The molecule has 0 unspecified atom stereocenters. The lowest BCUT2D eigenvalue weighted by atomic mass is 9.87. The van der Waals surface area contributed by atoms with Crippen LogP contribution in [0.1, 0.15) is 37.5 Å². The van der Waals surface area contributed by atoms with Crippen LogP contribution in [0.5, 0.6) is 0 Å². The summed E-state index contributed by atoms with van der Waals surface area (Å²) in [5.74, 6) is 0. The number of nitrogens with zero attached hydrogens (tertiary/aromatic N) is 1. The molecule has 0 saturated carbocycles. The minimum absolute atomic E-state index is 0.129. The van der Waals surface area contributed by atoms with E-state index in [-0.39, 0.29) is 12.0 Å². The van der Waals surface area contributed by atoms with Gasteiger partial charge in [0, 0.05) is 23.6 Å². The fraction of sp³-hybridized carbons (Fsp3) is 0.368. The Labute approximate surface area is 160 Å². The van der Waals surface area contributed by atoms with Gasteiger partial charge in [-0.3, -0.25) is 0 Å². The van der Waals surface area contributed by atoms with Crippen molar-refractivity contribution in [3.05, 3.63) is 63.1 Å². The zero-order valence-corrected chi connectivity index (χ0v) is 17.4. The number of sulfonamides is 1. The van der Waals surface area contributed by atoms with Crippen LogP contribution in [-0.4, -0.2) is 19.8 Å². The molecule has 136 valence electrons. The number of rotatable bonds is 4. The monoisotopic (exact) mass is 399 g/mol. The molecule has 0 aromatic heterocycles. The molecule has 6 heteroatoms. The average Bonchev–Trinajstić information content (AvgIpc) is 2.49. The normalized spacial score (nSPS) is 12.6. The molecule has 0 bridgehead atoms. The summed E-state index contributed by atoms with van der Waals surface area (Å²) >= 11 is 12.1. The highest BCUT2D eigenvalue weighted by Gasteiger charge is 2.25. The van der Waals surface area contributed by atoms with Gasteiger partial charge in [-0.05, 0) is 47.2 Å². The van der Waals surface area contributed by atoms with Gasteiger partial charge in [-0.25, -0.2) is 8.42 Å². The van der Waals surface area contributed by atoms with Crippen LogP contribution in [0.4, 0.5) is 0 Å². The van der Waals surface area contributed by atoms with E-state index in [1.54, 1.807) is 31.3 Å². The van der Waals surface area contributed by atoms with Gasteiger partial charge in [0.2, 0.25) is 10.0 Å². The van der Waals surface area contributed by atoms with Crippen LogP contribution in [0.2, 0.25) is 10.0 Å². The topological polar surface area (TPSA) is 37.4 Å². The minimum Gasteiger partial charge on any atom is -0.207 e. The molecule has 2 aromatic rings. The first-order valence-corrected chi connectivity index (χ1v) is 10.1. The van der Waals surface area contributed by atoms with Gasteiger partial charge in [0.1, 0.15) is 0 Å². The number of halogens is 2. The molecule has 0 aliphatic rings. The Balaban J connectivity index is 2.40. The van der Waals surface area contributed by atoms with Crippen molar-refractivity contribution in [3.63, 3.8) is 0 Å². The van der Waals surface area contributed by atoms with Crippen LogP contribution in [0.25, 0.3) is 0 Å². The molecule has 0 aliphatic heterocycles. The molecule has 25 heavy (non-hydrogen) atoms. The predicted octanol–water partition coefficient (Wildman–Crippen LogP) is 5.42. The van der Waals surface area contributed by atoms with E-state index >= 15 is 0 Å². The quantitative estimate of drug-likeness (QED) is 0.687. The van der Waals surface area contributed by atoms with E-state index in [4.69, 9.17) is 23.2 Å². The van der Waals surface area contributed by atoms with Crippen molar-refractivity contribution in [1.29, 1.82) is 0 Å². The Kier molecular flexibility index (Phi) is 5.89. The highest BCUT2D eigenvalue weighted by atomic mass is 35.5. The lowest BCUT2D eigenvalue weighted by Gasteiger charge is -2.23. The lowest BCUT2D eigenvalue weighted by Crippen LogP contribution is -2.27. The van der Waals surface area contributed by atoms with E-state index in [1.807, 2.05) is 19.1 Å². The smallest absolute Gasteiger partial charge is 0.207 e. The predicted molar refractivity (Wildman–Crippen MR) is 105 cm³/mol. The maximum atomic E-state index is 13.1. The maximum Gasteiger partial charge on any atom is 0.243 e. The van der Waals surface area contributed by atoms with Crippen LogP contribution in [0.3, 0.4) is 0 Å². The molecule has 0 atom stereocenters. The fourth-order valence-corrected chi connectivity index (χ4v) is 4.35. The third-order valence-electron chi connectivity index (χ3n) is 4.15. The number of benzene rings is 2. The van der Waals surface area contributed by atoms with Crippen molar-refractivity contribution in [2.75, 3.05) is 7.05 Å². The van der Waals surface area contributed by atoms with Crippen LogP contribution >= 0.6 is 23.2 Å². The van der Waals surface area contributed by atoms with Crippen molar-refractivity contribution in [2.45, 2.75) is 44.6 Å². The molecule has 0 saturated heterocycles. The summed E-state index contributed by atoms with van der Waals surface area (Å²) in [6.07, 6.45) is 0. The summed E-state index contributed by atoms with van der Waals surface area (Å²) in [5.41, 5.74) is 2.29. The van der Waals surface area contributed by atoms with E-state index in [0.717, 1.165) is 11.1 Å². The SMILES string of the molecule is Cc1ccc(C(C)(C)C)cc1S(=O)(=O)N(C)Cc1ccc(Cl)cc1Cl. The summed E-state index contributed by atoms with van der Waals surface area (Å²) in [5, 5.41) is 0.975. The number of aryl methyl sites for hydroxylation is 1. The van der Waals surface area contributed by atoms with Crippen LogP contribution in [0.15, 0.2) is 41.3 Å². The molecule has 0 fully saturated rings. The van der Waals surface area contributed by atoms with Crippen LogP contribution in [-0.2, 0) is 22.0 Å². The number of hydrogen-bond acceptors (Lipinski definition) is 2. The molecule has 0 heterocycles. The van der Waals surface area contributed by atoms with Gasteiger partial charge in [-0.15, -0.1) is 0 Å². The Morgan fingerprint density at radius 1 is 1.04 bits per heavy atom. The Morgan fingerprint density at radius 3 is 2.24 bits per heavy atom.